The average Bonchev–Trinajstić information content (AvgIpc) is 3.01. The summed E-state index contributed by atoms with van der Waals surface area (Å²) < 4.78 is 0. The molecule has 0 fully saturated rings. The molecule has 126 valence electrons. The van der Waals surface area contributed by atoms with E-state index >= 15 is 0 Å². The van der Waals surface area contributed by atoms with Gasteiger partial charge in [0.25, 0.3) is 11.6 Å². The lowest BCUT2D eigenvalue weighted by molar-refractivity contribution is -0.384. The van der Waals surface area contributed by atoms with Crippen molar-refractivity contribution in [2.45, 2.75) is 13.5 Å². The molecule has 25 heavy (non-hydrogen) atoms. The first-order valence-corrected chi connectivity index (χ1v) is 7.41. The van der Waals surface area contributed by atoms with Crippen molar-refractivity contribution in [3.05, 3.63) is 64.2 Å². The monoisotopic (exact) mass is 338 g/mol. The summed E-state index contributed by atoms with van der Waals surface area (Å²) in [7, 11) is 0. The van der Waals surface area contributed by atoms with E-state index in [0.717, 1.165) is 0 Å². The summed E-state index contributed by atoms with van der Waals surface area (Å²) in [4.78, 5) is 23.4. The molecule has 0 radical (unpaired) electrons. The molecule has 9 nitrogen and oxygen atoms in total. The van der Waals surface area contributed by atoms with Crippen molar-refractivity contribution in [3.8, 4) is 0 Å². The molecule has 0 unspecified atom stereocenters. The van der Waals surface area contributed by atoms with Crippen molar-refractivity contribution < 1.29 is 9.72 Å². The van der Waals surface area contributed by atoms with Gasteiger partial charge in [-0.2, -0.15) is 20.1 Å². The predicted molar refractivity (Wildman–Crippen MR) is 91.0 cm³/mol. The van der Waals surface area contributed by atoms with E-state index in [1.54, 1.807) is 19.1 Å². The van der Waals surface area contributed by atoms with Gasteiger partial charge in [0.2, 0.25) is 0 Å². The van der Waals surface area contributed by atoms with E-state index in [0.29, 0.717) is 22.3 Å². The smallest absolute Gasteiger partial charge is 0.269 e. The zero-order valence-electron chi connectivity index (χ0n) is 13.3. The number of aromatic nitrogens is 3. The molecular weight excluding hydrogens is 324 g/mol. The lowest BCUT2D eigenvalue weighted by atomic mass is 10.1. The topological polar surface area (TPSA) is 115 Å². The Balaban J connectivity index is 1.63. The molecule has 0 bridgehead atoms. The van der Waals surface area contributed by atoms with Gasteiger partial charge in [-0.3, -0.25) is 14.9 Å². The molecule has 3 aromatic rings. The fraction of sp³-hybridized carbons (Fsp3) is 0.125. The third kappa shape index (κ3) is 3.83. The van der Waals surface area contributed by atoms with E-state index in [2.05, 4.69) is 20.7 Å². The zero-order valence-corrected chi connectivity index (χ0v) is 13.3. The molecule has 1 N–H and O–H groups in total. The second-order valence-corrected chi connectivity index (χ2v) is 5.26. The number of nitro benzene ring substituents is 1. The number of amides is 1. The van der Waals surface area contributed by atoms with Crippen molar-refractivity contribution in [1.29, 1.82) is 0 Å². The first-order chi connectivity index (χ1) is 12.0. The Labute approximate surface area is 142 Å². The minimum absolute atomic E-state index is 0.00240. The summed E-state index contributed by atoms with van der Waals surface area (Å²) in [6.07, 6.45) is 0. The van der Waals surface area contributed by atoms with Crippen LogP contribution < -0.4 is 5.43 Å². The molecule has 3 rings (SSSR count). The van der Waals surface area contributed by atoms with E-state index in [1.807, 2.05) is 24.3 Å². The third-order valence-electron chi connectivity index (χ3n) is 3.46. The Bertz CT molecular complexity index is 928. The van der Waals surface area contributed by atoms with Crippen LogP contribution in [0.2, 0.25) is 0 Å². The fourth-order valence-corrected chi connectivity index (χ4v) is 2.17. The third-order valence-corrected chi connectivity index (χ3v) is 3.46. The predicted octanol–water partition coefficient (Wildman–Crippen LogP) is 1.88. The number of rotatable bonds is 5. The Morgan fingerprint density at radius 3 is 2.32 bits per heavy atom. The fourth-order valence-electron chi connectivity index (χ4n) is 2.17. The molecule has 0 saturated carbocycles. The highest BCUT2D eigenvalue weighted by Crippen LogP contribution is 2.12. The van der Waals surface area contributed by atoms with Gasteiger partial charge in [0, 0.05) is 12.1 Å². The number of carbonyl (C=O) groups excluding carboxylic acids is 1. The van der Waals surface area contributed by atoms with Gasteiger partial charge in [-0.1, -0.05) is 12.1 Å². The van der Waals surface area contributed by atoms with Crippen LogP contribution in [0.4, 0.5) is 5.69 Å². The maximum atomic E-state index is 12.0. The summed E-state index contributed by atoms with van der Waals surface area (Å²) in [5.74, 6) is -0.374. The number of hydrazone groups is 1. The van der Waals surface area contributed by atoms with Crippen LogP contribution in [0.3, 0.4) is 0 Å². The van der Waals surface area contributed by atoms with Gasteiger partial charge < -0.3 is 0 Å². The molecule has 1 heterocycles. The van der Waals surface area contributed by atoms with E-state index < -0.39 is 4.92 Å². The molecule has 0 aliphatic heterocycles. The number of benzene rings is 2. The Morgan fingerprint density at radius 1 is 1.16 bits per heavy atom. The number of hydrogen-bond donors (Lipinski definition) is 1. The molecule has 0 aliphatic rings. The number of fused-ring (bicyclic) bond motifs is 1. The summed E-state index contributed by atoms with van der Waals surface area (Å²) in [6, 6.07) is 13.2. The minimum Gasteiger partial charge on any atom is -0.271 e. The van der Waals surface area contributed by atoms with E-state index in [9.17, 15) is 14.9 Å². The number of nitrogens with zero attached hydrogens (tertiary/aromatic N) is 5. The minimum atomic E-state index is -0.473. The second kappa shape index (κ2) is 6.87. The number of carbonyl (C=O) groups is 1. The quantitative estimate of drug-likeness (QED) is 0.433. The largest absolute Gasteiger partial charge is 0.271 e. The average molecular weight is 338 g/mol. The normalized spacial score (nSPS) is 11.5. The zero-order chi connectivity index (χ0) is 17.8. The van der Waals surface area contributed by atoms with Gasteiger partial charge in [0.05, 0.1) is 10.6 Å². The van der Waals surface area contributed by atoms with E-state index in [1.165, 1.54) is 16.9 Å². The number of non-ortho nitro benzene ring substituents is 1. The lowest BCUT2D eigenvalue weighted by Gasteiger charge is -2.02. The first-order valence-electron chi connectivity index (χ1n) is 7.41. The van der Waals surface area contributed by atoms with E-state index in [-0.39, 0.29) is 18.1 Å². The van der Waals surface area contributed by atoms with Crippen LogP contribution in [0.25, 0.3) is 11.0 Å². The first kappa shape index (κ1) is 16.2. The number of nitrogens with one attached hydrogen (secondary N) is 1. The molecular formula is C16H14N6O3. The van der Waals surface area contributed by atoms with Crippen LogP contribution in [0, 0.1) is 10.1 Å². The molecule has 0 spiro atoms. The van der Waals surface area contributed by atoms with Crippen LogP contribution in [-0.2, 0) is 11.3 Å². The van der Waals surface area contributed by atoms with Crippen molar-refractivity contribution >= 4 is 28.3 Å². The molecule has 1 amide bonds. The Morgan fingerprint density at radius 2 is 1.76 bits per heavy atom. The van der Waals surface area contributed by atoms with Gasteiger partial charge in [-0.05, 0) is 36.8 Å². The lowest BCUT2D eigenvalue weighted by Crippen LogP contribution is -2.25. The van der Waals surface area contributed by atoms with Crippen LogP contribution in [0.5, 0.6) is 0 Å². The summed E-state index contributed by atoms with van der Waals surface area (Å²) in [5, 5.41) is 23.0. The SMILES string of the molecule is C/C(=N\NC(=O)Cn1nc2ccccc2n1)c1ccc([N+](=O)[O-])cc1. The summed E-state index contributed by atoms with van der Waals surface area (Å²) in [5.41, 5.74) is 5.05. The second-order valence-electron chi connectivity index (χ2n) is 5.26. The van der Waals surface area contributed by atoms with Gasteiger partial charge >= 0.3 is 0 Å². The molecule has 9 heteroatoms. The van der Waals surface area contributed by atoms with Crippen LogP contribution in [0.15, 0.2) is 53.6 Å². The summed E-state index contributed by atoms with van der Waals surface area (Å²) >= 11 is 0. The maximum Gasteiger partial charge on any atom is 0.269 e. The molecule has 2 aromatic carbocycles. The van der Waals surface area contributed by atoms with Crippen molar-refractivity contribution in [2.75, 3.05) is 0 Å². The van der Waals surface area contributed by atoms with Crippen LogP contribution in [-0.4, -0.2) is 31.5 Å². The van der Waals surface area contributed by atoms with Crippen molar-refractivity contribution in [1.82, 2.24) is 20.4 Å². The molecule has 0 saturated heterocycles. The van der Waals surface area contributed by atoms with Gasteiger partial charge in [-0.15, -0.1) is 0 Å². The van der Waals surface area contributed by atoms with Gasteiger partial charge in [0.15, 0.2) is 0 Å². The van der Waals surface area contributed by atoms with Crippen LogP contribution in [0.1, 0.15) is 12.5 Å². The highest BCUT2D eigenvalue weighted by atomic mass is 16.6. The molecule has 0 atom stereocenters. The molecule has 0 aliphatic carbocycles. The Hall–Kier alpha value is -3.62. The van der Waals surface area contributed by atoms with Crippen molar-refractivity contribution in [3.63, 3.8) is 0 Å². The van der Waals surface area contributed by atoms with E-state index in [4.69, 9.17) is 0 Å². The van der Waals surface area contributed by atoms with Crippen LogP contribution >= 0.6 is 0 Å². The van der Waals surface area contributed by atoms with Gasteiger partial charge in [0.1, 0.15) is 17.6 Å². The molecule has 1 aromatic heterocycles. The Kier molecular flexibility index (Phi) is 4.46. The van der Waals surface area contributed by atoms with Gasteiger partial charge in [-0.25, -0.2) is 5.43 Å². The highest BCUT2D eigenvalue weighted by Gasteiger charge is 2.08. The standard InChI is InChI=1S/C16H14N6O3/c1-11(12-6-8-13(9-7-12)22(24)25)17-18-16(23)10-21-19-14-4-2-3-5-15(14)20-21/h2-9H,10H2,1H3,(H,18,23)/b17-11+. The summed E-state index contributed by atoms with van der Waals surface area (Å²) in [6.45, 7) is 1.63. The maximum absolute atomic E-state index is 12.0. The highest BCUT2D eigenvalue weighted by molar-refractivity contribution is 5.99. The number of hydrogen-bond acceptors (Lipinski definition) is 6. The van der Waals surface area contributed by atoms with Crippen molar-refractivity contribution in [2.24, 2.45) is 5.10 Å². The number of nitro groups is 1.